The molecule has 26 heavy (non-hydrogen) atoms. The lowest BCUT2D eigenvalue weighted by atomic mass is 10.1. The summed E-state index contributed by atoms with van der Waals surface area (Å²) in [6, 6.07) is 10.7. The topological polar surface area (TPSA) is 81.7 Å². The molecular weight excluding hydrogens is 381 g/mol. The number of carbonyl (C=O) groups excluding carboxylic acids is 3. The lowest BCUT2D eigenvalue weighted by molar-refractivity contribution is -0.123. The van der Waals surface area contributed by atoms with Gasteiger partial charge in [0.2, 0.25) is 0 Å². The van der Waals surface area contributed by atoms with E-state index in [0.717, 1.165) is 0 Å². The number of benzene rings is 2. The number of halogens is 2. The quantitative estimate of drug-likeness (QED) is 0.774. The first-order valence-electron chi connectivity index (χ1n) is 7.48. The van der Waals surface area contributed by atoms with E-state index in [0.29, 0.717) is 5.69 Å². The number of rotatable bonds is 5. The van der Waals surface area contributed by atoms with Crippen molar-refractivity contribution in [2.75, 3.05) is 12.4 Å². The Morgan fingerprint density at radius 3 is 2.19 bits per heavy atom. The summed E-state index contributed by atoms with van der Waals surface area (Å²) in [5.74, 6) is -2.11. The van der Waals surface area contributed by atoms with Gasteiger partial charge >= 0.3 is 11.9 Å². The third kappa shape index (κ3) is 4.53. The van der Waals surface area contributed by atoms with Gasteiger partial charge in [-0.05, 0) is 31.2 Å². The molecule has 0 aromatic heterocycles. The number of amides is 1. The summed E-state index contributed by atoms with van der Waals surface area (Å²) in [5.41, 5.74) is 0.340. The molecule has 0 saturated heterocycles. The first-order chi connectivity index (χ1) is 12.3. The van der Waals surface area contributed by atoms with Crippen LogP contribution in [0.15, 0.2) is 42.5 Å². The Kier molecular flexibility index (Phi) is 6.60. The maximum Gasteiger partial charge on any atom is 0.339 e. The molecule has 0 saturated carbocycles. The van der Waals surface area contributed by atoms with E-state index >= 15 is 0 Å². The van der Waals surface area contributed by atoms with Crippen LogP contribution in [0.4, 0.5) is 5.69 Å². The number of esters is 2. The number of methoxy groups -OCH3 is 1. The summed E-state index contributed by atoms with van der Waals surface area (Å²) in [7, 11) is 1.20. The Morgan fingerprint density at radius 1 is 0.962 bits per heavy atom. The van der Waals surface area contributed by atoms with E-state index in [1.807, 2.05) is 0 Å². The van der Waals surface area contributed by atoms with Crippen molar-refractivity contribution in [3.05, 3.63) is 63.6 Å². The molecule has 1 atom stereocenters. The molecule has 0 heterocycles. The number of hydrogen-bond donors (Lipinski definition) is 1. The van der Waals surface area contributed by atoms with Crippen molar-refractivity contribution in [2.24, 2.45) is 0 Å². The highest BCUT2D eigenvalue weighted by atomic mass is 35.5. The van der Waals surface area contributed by atoms with Crippen molar-refractivity contribution in [1.82, 2.24) is 0 Å². The summed E-state index contributed by atoms with van der Waals surface area (Å²) >= 11 is 11.9. The maximum atomic E-state index is 12.3. The Labute approximate surface area is 160 Å². The minimum Gasteiger partial charge on any atom is -0.465 e. The van der Waals surface area contributed by atoms with Gasteiger partial charge in [0, 0.05) is 0 Å². The molecular formula is C18H15Cl2NO5. The van der Waals surface area contributed by atoms with Crippen molar-refractivity contribution in [1.29, 1.82) is 0 Å². The lowest BCUT2D eigenvalue weighted by Crippen LogP contribution is -2.30. The highest BCUT2D eigenvalue weighted by Gasteiger charge is 2.23. The molecule has 0 aliphatic heterocycles. The molecule has 0 fully saturated rings. The van der Waals surface area contributed by atoms with Crippen LogP contribution in [0.3, 0.4) is 0 Å². The van der Waals surface area contributed by atoms with Crippen LogP contribution in [-0.4, -0.2) is 31.1 Å². The fraction of sp³-hybridized carbons (Fsp3) is 0.167. The van der Waals surface area contributed by atoms with Crippen LogP contribution in [0, 0.1) is 0 Å². The van der Waals surface area contributed by atoms with Gasteiger partial charge in [0.25, 0.3) is 5.91 Å². The van der Waals surface area contributed by atoms with E-state index in [-0.39, 0.29) is 21.2 Å². The van der Waals surface area contributed by atoms with Crippen LogP contribution < -0.4 is 5.32 Å². The van der Waals surface area contributed by atoms with Crippen molar-refractivity contribution < 1.29 is 23.9 Å². The SMILES string of the molecule is COC(=O)c1ccccc1C(=O)OC(C)C(=O)Nc1cccc(Cl)c1Cl. The van der Waals surface area contributed by atoms with E-state index < -0.39 is 23.9 Å². The van der Waals surface area contributed by atoms with Crippen LogP contribution in [0.1, 0.15) is 27.6 Å². The first kappa shape index (κ1) is 19.8. The van der Waals surface area contributed by atoms with Crippen molar-refractivity contribution in [3.8, 4) is 0 Å². The Hall–Kier alpha value is -2.57. The summed E-state index contributed by atoms with van der Waals surface area (Å²) in [6.45, 7) is 1.40. The molecule has 2 aromatic rings. The van der Waals surface area contributed by atoms with E-state index in [2.05, 4.69) is 10.1 Å². The Balaban J connectivity index is 2.11. The number of hydrogen-bond acceptors (Lipinski definition) is 5. The molecule has 0 radical (unpaired) electrons. The second-order valence-corrected chi connectivity index (χ2v) is 5.96. The van der Waals surface area contributed by atoms with Gasteiger partial charge in [0.1, 0.15) is 0 Å². The van der Waals surface area contributed by atoms with Crippen LogP contribution in [0.25, 0.3) is 0 Å². The van der Waals surface area contributed by atoms with Crippen LogP contribution in [-0.2, 0) is 14.3 Å². The molecule has 2 aromatic carbocycles. The van der Waals surface area contributed by atoms with E-state index in [4.69, 9.17) is 27.9 Å². The van der Waals surface area contributed by atoms with Crippen molar-refractivity contribution in [2.45, 2.75) is 13.0 Å². The number of nitrogens with one attached hydrogen (secondary N) is 1. The highest BCUT2D eigenvalue weighted by Crippen LogP contribution is 2.29. The number of anilines is 1. The number of carbonyl (C=O) groups is 3. The van der Waals surface area contributed by atoms with Gasteiger partial charge in [-0.3, -0.25) is 4.79 Å². The van der Waals surface area contributed by atoms with Crippen molar-refractivity contribution in [3.63, 3.8) is 0 Å². The molecule has 136 valence electrons. The minimum absolute atomic E-state index is 0.000196. The maximum absolute atomic E-state index is 12.3. The molecule has 1 amide bonds. The molecule has 0 bridgehead atoms. The second-order valence-electron chi connectivity index (χ2n) is 5.18. The molecule has 0 aliphatic rings. The molecule has 0 spiro atoms. The molecule has 8 heteroatoms. The molecule has 2 rings (SSSR count). The monoisotopic (exact) mass is 395 g/mol. The molecule has 1 N–H and O–H groups in total. The second kappa shape index (κ2) is 8.69. The number of ether oxygens (including phenoxy) is 2. The van der Waals surface area contributed by atoms with Crippen LogP contribution in [0.5, 0.6) is 0 Å². The van der Waals surface area contributed by atoms with Gasteiger partial charge in [-0.1, -0.05) is 41.4 Å². The van der Waals surface area contributed by atoms with Gasteiger partial charge in [0.15, 0.2) is 6.10 Å². The van der Waals surface area contributed by atoms with E-state index in [9.17, 15) is 14.4 Å². The standard InChI is InChI=1S/C18H15Cl2NO5/c1-10(16(22)21-14-9-5-8-13(19)15(14)20)26-18(24)12-7-4-3-6-11(12)17(23)25-2/h3-10H,1-2H3,(H,21,22). The largest absolute Gasteiger partial charge is 0.465 e. The molecule has 1 unspecified atom stereocenters. The Bertz CT molecular complexity index is 853. The molecule has 6 nitrogen and oxygen atoms in total. The normalized spacial score (nSPS) is 11.4. The van der Waals surface area contributed by atoms with Gasteiger partial charge in [-0.15, -0.1) is 0 Å². The fourth-order valence-corrected chi connectivity index (χ4v) is 2.41. The Morgan fingerprint density at radius 2 is 1.58 bits per heavy atom. The predicted molar refractivity (Wildman–Crippen MR) is 97.8 cm³/mol. The van der Waals surface area contributed by atoms with E-state index in [1.54, 1.807) is 30.3 Å². The van der Waals surface area contributed by atoms with Crippen LogP contribution >= 0.6 is 23.2 Å². The average Bonchev–Trinajstić information content (AvgIpc) is 2.64. The fourth-order valence-electron chi connectivity index (χ4n) is 2.06. The predicted octanol–water partition coefficient (Wildman–Crippen LogP) is 3.96. The lowest BCUT2D eigenvalue weighted by Gasteiger charge is -2.15. The third-order valence-electron chi connectivity index (χ3n) is 3.41. The summed E-state index contributed by atoms with van der Waals surface area (Å²) in [5, 5.41) is 2.99. The van der Waals surface area contributed by atoms with Gasteiger partial charge < -0.3 is 14.8 Å². The minimum atomic E-state index is -1.14. The van der Waals surface area contributed by atoms with Crippen molar-refractivity contribution >= 4 is 46.7 Å². The van der Waals surface area contributed by atoms with E-state index in [1.165, 1.54) is 26.2 Å². The zero-order valence-corrected chi connectivity index (χ0v) is 15.4. The van der Waals surface area contributed by atoms with Gasteiger partial charge in [-0.2, -0.15) is 0 Å². The smallest absolute Gasteiger partial charge is 0.339 e. The zero-order chi connectivity index (χ0) is 19.3. The molecule has 0 aliphatic carbocycles. The summed E-state index contributed by atoms with van der Waals surface area (Å²) in [4.78, 5) is 36.3. The summed E-state index contributed by atoms with van der Waals surface area (Å²) < 4.78 is 9.77. The highest BCUT2D eigenvalue weighted by molar-refractivity contribution is 6.44. The van der Waals surface area contributed by atoms with Crippen LogP contribution in [0.2, 0.25) is 10.0 Å². The average molecular weight is 396 g/mol. The van der Waals surface area contributed by atoms with Gasteiger partial charge in [-0.25, -0.2) is 9.59 Å². The third-order valence-corrected chi connectivity index (χ3v) is 4.23. The zero-order valence-electron chi connectivity index (χ0n) is 13.9. The van der Waals surface area contributed by atoms with Gasteiger partial charge in [0.05, 0.1) is 34.0 Å². The summed E-state index contributed by atoms with van der Waals surface area (Å²) in [6.07, 6.45) is -1.14. The first-order valence-corrected chi connectivity index (χ1v) is 8.24.